The molecule has 106 valence electrons. The van der Waals surface area contributed by atoms with Gasteiger partial charge >= 0.3 is 7.82 Å². The third kappa shape index (κ3) is 3.84. The van der Waals surface area contributed by atoms with Gasteiger partial charge in [-0.1, -0.05) is 26.0 Å². The van der Waals surface area contributed by atoms with Crippen molar-refractivity contribution in [2.45, 2.75) is 32.3 Å². The van der Waals surface area contributed by atoms with Gasteiger partial charge in [0.05, 0.1) is 4.92 Å². The minimum absolute atomic E-state index is 0.141. The van der Waals surface area contributed by atoms with Gasteiger partial charge < -0.3 is 9.79 Å². The summed E-state index contributed by atoms with van der Waals surface area (Å²) in [5.41, 5.74) is -0.987. The van der Waals surface area contributed by atoms with E-state index in [2.05, 4.69) is 0 Å². The molecule has 1 aromatic carbocycles. The quantitative estimate of drug-likeness (QED) is 0.473. The van der Waals surface area contributed by atoms with Crippen molar-refractivity contribution >= 4 is 13.5 Å². The predicted molar refractivity (Wildman–Crippen MR) is 68.5 cm³/mol. The SMILES string of the molecule is CCC(CC)(OP(=O)(O)O)c1cccc([N+](=O)[O-])c1. The first-order valence-electron chi connectivity index (χ1n) is 5.75. The molecule has 0 heterocycles. The van der Waals surface area contributed by atoms with E-state index in [0.717, 1.165) is 0 Å². The van der Waals surface area contributed by atoms with E-state index in [-0.39, 0.29) is 18.5 Å². The Balaban J connectivity index is 3.29. The normalized spacial score (nSPS) is 12.4. The summed E-state index contributed by atoms with van der Waals surface area (Å²) in [5, 5.41) is 10.8. The highest BCUT2D eigenvalue weighted by Crippen LogP contribution is 2.48. The summed E-state index contributed by atoms with van der Waals surface area (Å²) < 4.78 is 16.0. The van der Waals surface area contributed by atoms with E-state index in [1.807, 2.05) is 0 Å². The summed E-state index contributed by atoms with van der Waals surface area (Å²) in [4.78, 5) is 28.2. The predicted octanol–water partition coefficient (Wildman–Crippen LogP) is 2.72. The maximum atomic E-state index is 11.1. The molecular formula is C11H16NO6P. The number of hydrogen-bond acceptors (Lipinski definition) is 4. The average molecular weight is 289 g/mol. The highest BCUT2D eigenvalue weighted by molar-refractivity contribution is 7.46. The zero-order chi connectivity index (χ0) is 14.7. The third-order valence-corrected chi connectivity index (χ3v) is 3.61. The number of phosphoric ester groups is 1. The fourth-order valence-electron chi connectivity index (χ4n) is 1.97. The molecule has 0 unspecified atom stereocenters. The van der Waals surface area contributed by atoms with Gasteiger partial charge in [-0.05, 0) is 18.4 Å². The molecule has 0 spiro atoms. The van der Waals surface area contributed by atoms with Crippen LogP contribution in [0, 0.1) is 10.1 Å². The second-order valence-corrected chi connectivity index (χ2v) is 5.25. The molecule has 0 aromatic heterocycles. The first-order chi connectivity index (χ1) is 8.74. The van der Waals surface area contributed by atoms with Gasteiger partial charge in [0.2, 0.25) is 0 Å². The lowest BCUT2D eigenvalue weighted by Crippen LogP contribution is -2.27. The van der Waals surface area contributed by atoms with Crippen LogP contribution < -0.4 is 0 Å². The molecule has 0 aliphatic rings. The molecule has 0 atom stereocenters. The van der Waals surface area contributed by atoms with Crippen LogP contribution >= 0.6 is 7.82 Å². The van der Waals surface area contributed by atoms with Crippen LogP contribution in [0.5, 0.6) is 0 Å². The lowest BCUT2D eigenvalue weighted by Gasteiger charge is -2.32. The fourth-order valence-corrected chi connectivity index (χ4v) is 2.79. The van der Waals surface area contributed by atoms with Crippen molar-refractivity contribution in [3.05, 3.63) is 39.9 Å². The highest BCUT2D eigenvalue weighted by Gasteiger charge is 2.37. The van der Waals surface area contributed by atoms with Gasteiger partial charge in [0.25, 0.3) is 5.69 Å². The van der Waals surface area contributed by atoms with Gasteiger partial charge in [0, 0.05) is 12.1 Å². The molecule has 0 aliphatic heterocycles. The minimum Gasteiger partial charge on any atom is -0.303 e. The number of phosphoric acid groups is 1. The summed E-state index contributed by atoms with van der Waals surface area (Å²) in [6.45, 7) is 3.41. The molecule has 0 aliphatic carbocycles. The number of rotatable bonds is 6. The number of non-ortho nitro benzene ring substituents is 1. The van der Waals surface area contributed by atoms with Crippen molar-refractivity contribution in [3.8, 4) is 0 Å². The monoisotopic (exact) mass is 289 g/mol. The fraction of sp³-hybridized carbons (Fsp3) is 0.455. The number of benzene rings is 1. The number of nitro benzene ring substituents is 1. The van der Waals surface area contributed by atoms with Crippen LogP contribution in [0.4, 0.5) is 5.69 Å². The van der Waals surface area contributed by atoms with Crippen LogP contribution in [-0.4, -0.2) is 14.7 Å². The Hall–Kier alpha value is -1.27. The van der Waals surface area contributed by atoms with Crippen LogP contribution in [0.25, 0.3) is 0 Å². The van der Waals surface area contributed by atoms with Crippen molar-refractivity contribution in [2.75, 3.05) is 0 Å². The maximum absolute atomic E-state index is 11.1. The zero-order valence-corrected chi connectivity index (χ0v) is 11.5. The molecule has 8 heteroatoms. The molecule has 0 saturated carbocycles. The lowest BCUT2D eigenvalue weighted by atomic mass is 9.88. The molecule has 0 radical (unpaired) electrons. The van der Waals surface area contributed by atoms with Gasteiger partial charge in [-0.15, -0.1) is 0 Å². The van der Waals surface area contributed by atoms with Crippen LogP contribution in [-0.2, 0) is 14.7 Å². The van der Waals surface area contributed by atoms with Gasteiger partial charge in [-0.2, -0.15) is 0 Å². The Bertz CT molecular complexity index is 508. The Morgan fingerprint density at radius 1 is 1.37 bits per heavy atom. The largest absolute Gasteiger partial charge is 0.470 e. The molecule has 0 amide bonds. The molecule has 1 rings (SSSR count). The van der Waals surface area contributed by atoms with Crippen LogP contribution in [0.1, 0.15) is 32.3 Å². The number of nitro groups is 1. The van der Waals surface area contributed by atoms with Crippen LogP contribution in [0.2, 0.25) is 0 Å². The Morgan fingerprint density at radius 2 is 1.95 bits per heavy atom. The van der Waals surface area contributed by atoms with E-state index < -0.39 is 18.3 Å². The van der Waals surface area contributed by atoms with Crippen molar-refractivity contribution < 1.29 is 23.8 Å². The van der Waals surface area contributed by atoms with E-state index in [1.165, 1.54) is 18.2 Å². The summed E-state index contributed by atoms with van der Waals surface area (Å²) in [7, 11) is -4.69. The number of hydrogen-bond donors (Lipinski definition) is 2. The second-order valence-electron chi connectivity index (χ2n) is 4.09. The molecule has 1 aromatic rings. The van der Waals surface area contributed by atoms with E-state index in [1.54, 1.807) is 19.9 Å². The third-order valence-electron chi connectivity index (χ3n) is 3.02. The molecule has 7 nitrogen and oxygen atoms in total. The van der Waals surface area contributed by atoms with Crippen LogP contribution in [0.15, 0.2) is 24.3 Å². The standard InChI is InChI=1S/C11H16NO6P/c1-3-11(4-2,18-19(15,16)17)9-6-5-7-10(8-9)12(13)14/h5-8H,3-4H2,1-2H3,(H2,15,16,17). The molecule has 19 heavy (non-hydrogen) atoms. The summed E-state index contributed by atoms with van der Waals surface area (Å²) >= 11 is 0. The zero-order valence-electron chi connectivity index (χ0n) is 10.6. The maximum Gasteiger partial charge on any atom is 0.470 e. The second kappa shape index (κ2) is 5.79. The van der Waals surface area contributed by atoms with Crippen molar-refractivity contribution in [3.63, 3.8) is 0 Å². The molecule has 0 saturated heterocycles. The Morgan fingerprint density at radius 3 is 2.37 bits per heavy atom. The molecule has 2 N–H and O–H groups in total. The van der Waals surface area contributed by atoms with E-state index >= 15 is 0 Å². The van der Waals surface area contributed by atoms with Crippen molar-refractivity contribution in [1.82, 2.24) is 0 Å². The summed E-state index contributed by atoms with van der Waals surface area (Å²) in [6, 6.07) is 5.63. The highest BCUT2D eigenvalue weighted by atomic mass is 31.2. The first kappa shape index (κ1) is 15.8. The summed E-state index contributed by atoms with van der Waals surface area (Å²) in [6.07, 6.45) is 0.575. The van der Waals surface area contributed by atoms with Gasteiger partial charge in [-0.3, -0.25) is 14.6 Å². The first-order valence-corrected chi connectivity index (χ1v) is 7.28. The smallest absolute Gasteiger partial charge is 0.303 e. The van der Waals surface area contributed by atoms with E-state index in [9.17, 15) is 14.7 Å². The van der Waals surface area contributed by atoms with Gasteiger partial charge in [-0.25, -0.2) is 4.57 Å². The van der Waals surface area contributed by atoms with Crippen LogP contribution in [0.3, 0.4) is 0 Å². The minimum atomic E-state index is -4.69. The Labute approximate surface area is 110 Å². The van der Waals surface area contributed by atoms with Gasteiger partial charge in [0.15, 0.2) is 0 Å². The van der Waals surface area contributed by atoms with Crippen molar-refractivity contribution in [2.24, 2.45) is 0 Å². The van der Waals surface area contributed by atoms with Crippen molar-refractivity contribution in [1.29, 1.82) is 0 Å². The molecule has 0 fully saturated rings. The number of nitrogens with zero attached hydrogens (tertiary/aromatic N) is 1. The topological polar surface area (TPSA) is 110 Å². The van der Waals surface area contributed by atoms with Gasteiger partial charge in [0.1, 0.15) is 5.60 Å². The summed E-state index contributed by atoms with van der Waals surface area (Å²) in [5.74, 6) is 0. The van der Waals surface area contributed by atoms with E-state index in [0.29, 0.717) is 5.56 Å². The lowest BCUT2D eigenvalue weighted by molar-refractivity contribution is -0.385. The molecule has 0 bridgehead atoms. The molecular weight excluding hydrogens is 273 g/mol. The Kier molecular flexibility index (Phi) is 4.81. The van der Waals surface area contributed by atoms with E-state index in [4.69, 9.17) is 14.3 Å². The average Bonchev–Trinajstić information content (AvgIpc) is 2.35.